The Morgan fingerprint density at radius 1 is 1.03 bits per heavy atom. The van der Waals surface area contributed by atoms with Crippen molar-refractivity contribution in [2.45, 2.75) is 6.42 Å². The van der Waals surface area contributed by atoms with Crippen LogP contribution in [0.2, 0.25) is 0 Å². The fourth-order valence-corrected chi connectivity index (χ4v) is 4.40. The van der Waals surface area contributed by atoms with Crippen LogP contribution in [-0.2, 0) is 9.59 Å². The number of nitrogens with one attached hydrogen (secondary N) is 2. The molecule has 9 nitrogen and oxygen atoms in total. The number of rotatable bonds is 8. The third kappa shape index (κ3) is 5.86. The van der Waals surface area contributed by atoms with Crippen molar-refractivity contribution in [2.24, 2.45) is 0 Å². The van der Waals surface area contributed by atoms with E-state index < -0.39 is 11.8 Å². The Hall–Kier alpha value is -3.57. The van der Waals surface area contributed by atoms with Crippen molar-refractivity contribution < 1.29 is 28.6 Å². The van der Waals surface area contributed by atoms with Gasteiger partial charge in [0.2, 0.25) is 11.7 Å². The molecule has 0 bridgehead atoms. The Morgan fingerprint density at radius 2 is 1.68 bits per heavy atom. The van der Waals surface area contributed by atoms with Crippen LogP contribution in [0.1, 0.15) is 22.3 Å². The zero-order valence-corrected chi connectivity index (χ0v) is 20.4. The van der Waals surface area contributed by atoms with Crippen molar-refractivity contribution in [2.75, 3.05) is 27.9 Å². The van der Waals surface area contributed by atoms with Gasteiger partial charge in [-0.05, 0) is 35.9 Å². The number of carbonyl (C=O) groups is 3. The van der Waals surface area contributed by atoms with Crippen molar-refractivity contribution in [3.63, 3.8) is 0 Å². The maximum atomic E-state index is 12.9. The van der Waals surface area contributed by atoms with Gasteiger partial charge in [-0.15, -0.1) is 0 Å². The normalized spacial score (nSPS) is 14.2. The zero-order chi connectivity index (χ0) is 24.7. The largest absolute Gasteiger partial charge is 0.493 e. The summed E-state index contributed by atoms with van der Waals surface area (Å²) < 4.78 is 16.4. The lowest BCUT2D eigenvalue weighted by Gasteiger charge is -2.14. The number of benzene rings is 2. The van der Waals surface area contributed by atoms with Gasteiger partial charge in [-0.3, -0.25) is 30.1 Å². The molecule has 3 amide bonds. The number of nitrogens with zero attached hydrogens (tertiary/aromatic N) is 1. The summed E-state index contributed by atoms with van der Waals surface area (Å²) >= 11 is 6.46. The molecule has 0 saturated carbocycles. The van der Waals surface area contributed by atoms with Crippen LogP contribution < -0.4 is 25.1 Å². The van der Waals surface area contributed by atoms with E-state index in [-0.39, 0.29) is 18.9 Å². The molecule has 178 valence electrons. The van der Waals surface area contributed by atoms with E-state index in [0.717, 1.165) is 11.8 Å². The summed E-state index contributed by atoms with van der Waals surface area (Å²) in [7, 11) is 4.52. The number of amides is 3. The number of ether oxygens (including phenoxy) is 3. The number of thiocarbonyl (C=S) groups is 1. The second-order valence-electron chi connectivity index (χ2n) is 6.91. The summed E-state index contributed by atoms with van der Waals surface area (Å²) in [6.45, 7) is 0.0737. The molecule has 0 aromatic heterocycles. The Kier molecular flexibility index (Phi) is 8.50. The second-order valence-corrected chi connectivity index (χ2v) is 8.59. The highest BCUT2D eigenvalue weighted by Crippen LogP contribution is 2.40. The first-order valence-electron chi connectivity index (χ1n) is 10.1. The van der Waals surface area contributed by atoms with Gasteiger partial charge in [0.15, 0.2) is 11.5 Å². The van der Waals surface area contributed by atoms with Gasteiger partial charge >= 0.3 is 0 Å². The first-order valence-corrected chi connectivity index (χ1v) is 11.3. The average molecular weight is 502 g/mol. The fraction of sp³-hybridized carbons (Fsp3) is 0.217. The maximum Gasteiger partial charge on any atom is 0.269 e. The summed E-state index contributed by atoms with van der Waals surface area (Å²) in [5.74, 6) is 0.153. The average Bonchev–Trinajstić information content (AvgIpc) is 3.12. The highest BCUT2D eigenvalue weighted by Gasteiger charge is 2.32. The van der Waals surface area contributed by atoms with E-state index in [1.165, 1.54) is 26.2 Å². The summed E-state index contributed by atoms with van der Waals surface area (Å²) in [4.78, 5) is 38.8. The molecule has 1 aliphatic heterocycles. The van der Waals surface area contributed by atoms with E-state index in [2.05, 4.69) is 10.9 Å². The molecule has 0 aliphatic carbocycles. The van der Waals surface area contributed by atoms with E-state index in [4.69, 9.17) is 26.4 Å². The monoisotopic (exact) mass is 501 g/mol. The van der Waals surface area contributed by atoms with E-state index in [9.17, 15) is 14.4 Å². The Morgan fingerprint density at radius 3 is 2.26 bits per heavy atom. The van der Waals surface area contributed by atoms with E-state index in [1.54, 1.807) is 48.5 Å². The first kappa shape index (κ1) is 25.1. The van der Waals surface area contributed by atoms with Crippen molar-refractivity contribution in [1.82, 2.24) is 15.8 Å². The second kappa shape index (κ2) is 11.5. The molecule has 2 N–H and O–H groups in total. The molecule has 2 aromatic carbocycles. The van der Waals surface area contributed by atoms with Crippen LogP contribution >= 0.6 is 24.0 Å². The lowest BCUT2D eigenvalue weighted by molar-refractivity contribution is -0.124. The van der Waals surface area contributed by atoms with Gasteiger partial charge in [-0.1, -0.05) is 42.2 Å². The summed E-state index contributed by atoms with van der Waals surface area (Å²) in [6, 6.07) is 11.9. The number of methoxy groups -OCH3 is 3. The predicted octanol–water partition coefficient (Wildman–Crippen LogP) is 2.76. The molecule has 3 rings (SSSR count). The molecular weight excluding hydrogens is 478 g/mol. The summed E-state index contributed by atoms with van der Waals surface area (Å²) in [5.41, 5.74) is 5.76. The molecule has 0 radical (unpaired) electrons. The molecule has 1 saturated heterocycles. The highest BCUT2D eigenvalue weighted by atomic mass is 32.2. The van der Waals surface area contributed by atoms with E-state index in [1.807, 2.05) is 0 Å². The minimum absolute atomic E-state index is 0.0427. The van der Waals surface area contributed by atoms with E-state index in [0.29, 0.717) is 37.6 Å². The number of carbonyl (C=O) groups excluding carboxylic acids is 3. The minimum Gasteiger partial charge on any atom is -0.493 e. The molecule has 1 heterocycles. The van der Waals surface area contributed by atoms with Crippen LogP contribution in [-0.4, -0.2) is 54.8 Å². The van der Waals surface area contributed by atoms with Crippen LogP contribution in [0.5, 0.6) is 17.2 Å². The molecule has 0 spiro atoms. The van der Waals surface area contributed by atoms with E-state index >= 15 is 0 Å². The van der Waals surface area contributed by atoms with Crippen LogP contribution in [0.3, 0.4) is 0 Å². The predicted molar refractivity (Wildman–Crippen MR) is 133 cm³/mol. The van der Waals surface area contributed by atoms with Crippen LogP contribution in [0.15, 0.2) is 47.4 Å². The molecule has 2 aromatic rings. The van der Waals surface area contributed by atoms with Gasteiger partial charge in [0.05, 0.1) is 26.2 Å². The molecule has 1 aliphatic rings. The van der Waals surface area contributed by atoms with Gasteiger partial charge in [0, 0.05) is 18.5 Å². The van der Waals surface area contributed by atoms with Gasteiger partial charge in [-0.2, -0.15) is 0 Å². The number of thioether (sulfide) groups is 1. The van der Waals surface area contributed by atoms with Gasteiger partial charge in [-0.25, -0.2) is 0 Å². The van der Waals surface area contributed by atoms with Crippen LogP contribution in [0.4, 0.5) is 0 Å². The quantitative estimate of drug-likeness (QED) is 0.323. The lowest BCUT2D eigenvalue weighted by Crippen LogP contribution is -2.43. The molecule has 34 heavy (non-hydrogen) atoms. The van der Waals surface area contributed by atoms with Crippen molar-refractivity contribution in [1.29, 1.82) is 0 Å². The third-order valence-electron chi connectivity index (χ3n) is 4.77. The summed E-state index contributed by atoms with van der Waals surface area (Å²) in [5, 5.41) is 0. The van der Waals surface area contributed by atoms with Crippen molar-refractivity contribution >= 4 is 52.1 Å². The Balaban J connectivity index is 1.62. The van der Waals surface area contributed by atoms with Crippen molar-refractivity contribution in [3.8, 4) is 17.2 Å². The number of hydrazine groups is 1. The standard InChI is InChI=1S/C23H23N3O6S2/c1-30-16-11-14(12-17(31-2)20(16)32-3)13-18-22(29)26(23(33)34-18)10-9-19(27)24-25-21(28)15-7-5-4-6-8-15/h4-8,11-13H,9-10H2,1-3H3,(H,24,27)(H,25,28)/b18-13-. The fourth-order valence-electron chi connectivity index (χ4n) is 3.09. The molecule has 0 atom stereocenters. The molecule has 0 unspecified atom stereocenters. The van der Waals surface area contributed by atoms with Crippen LogP contribution in [0.25, 0.3) is 6.08 Å². The molecular formula is C23H23N3O6S2. The molecule has 1 fully saturated rings. The van der Waals surface area contributed by atoms with Gasteiger partial charge in [0.1, 0.15) is 4.32 Å². The Bertz CT molecular complexity index is 1110. The van der Waals surface area contributed by atoms with Gasteiger partial charge in [0.25, 0.3) is 11.8 Å². The van der Waals surface area contributed by atoms with Crippen molar-refractivity contribution in [3.05, 3.63) is 58.5 Å². The lowest BCUT2D eigenvalue weighted by atomic mass is 10.1. The summed E-state index contributed by atoms with van der Waals surface area (Å²) in [6.07, 6.45) is 1.63. The topological polar surface area (TPSA) is 106 Å². The third-order valence-corrected chi connectivity index (χ3v) is 6.15. The SMILES string of the molecule is COc1cc(/C=C2\SC(=S)N(CCC(=O)NNC(=O)c3ccccc3)C2=O)cc(OC)c1OC. The highest BCUT2D eigenvalue weighted by molar-refractivity contribution is 8.26. The smallest absolute Gasteiger partial charge is 0.269 e. The minimum atomic E-state index is -0.452. The first-order chi connectivity index (χ1) is 16.4. The number of hydrogen-bond donors (Lipinski definition) is 2. The maximum absolute atomic E-state index is 12.9. The zero-order valence-electron chi connectivity index (χ0n) is 18.7. The Labute approximate surface area is 206 Å². The molecule has 11 heteroatoms. The van der Waals surface area contributed by atoms with Crippen LogP contribution in [0, 0.1) is 0 Å². The number of hydrogen-bond acceptors (Lipinski definition) is 8. The van der Waals surface area contributed by atoms with Gasteiger partial charge < -0.3 is 14.2 Å².